The van der Waals surface area contributed by atoms with E-state index in [-0.39, 0.29) is 5.69 Å². The predicted molar refractivity (Wildman–Crippen MR) is 116 cm³/mol. The normalized spacial score (nSPS) is 17.1. The number of ether oxygens (including phenoxy) is 1. The number of hydrogen-bond acceptors (Lipinski definition) is 4. The molecule has 1 saturated heterocycles. The number of imide groups is 1. The minimum atomic E-state index is -4.84. The molecule has 2 aromatic carbocycles. The van der Waals surface area contributed by atoms with E-state index in [1.807, 2.05) is 6.07 Å². The van der Waals surface area contributed by atoms with Crippen LogP contribution in [-0.2, 0) is 4.79 Å². The van der Waals surface area contributed by atoms with Gasteiger partial charge in [-0.1, -0.05) is 30.7 Å². The molecular formula is C23H17ClF3N3O3. The molecule has 2 heterocycles. The zero-order chi connectivity index (χ0) is 23.8. The molecule has 1 aromatic heterocycles. The highest BCUT2D eigenvalue weighted by atomic mass is 35.5. The van der Waals surface area contributed by atoms with Crippen molar-refractivity contribution in [1.29, 1.82) is 0 Å². The number of halogens is 4. The highest BCUT2D eigenvalue weighted by Gasteiger charge is 2.43. The van der Waals surface area contributed by atoms with Gasteiger partial charge in [0, 0.05) is 28.9 Å². The van der Waals surface area contributed by atoms with Crippen LogP contribution in [0.4, 0.5) is 23.7 Å². The van der Waals surface area contributed by atoms with Crippen LogP contribution in [0.2, 0.25) is 5.02 Å². The number of benzene rings is 2. The van der Waals surface area contributed by atoms with Crippen LogP contribution in [0, 0.1) is 0 Å². The molecule has 3 aromatic rings. The van der Waals surface area contributed by atoms with Gasteiger partial charge < -0.3 is 10.1 Å². The van der Waals surface area contributed by atoms with Crippen molar-refractivity contribution in [2.45, 2.75) is 25.2 Å². The first kappa shape index (κ1) is 22.6. The SMILES string of the molecule is CC(c1ccncc1-c1cccc(Cl)c1)C1NC(=O)N(c2ccc(OC(F)(F)F)cc2)C1=O. The Balaban J connectivity index is 1.60. The number of rotatable bonds is 5. The Morgan fingerprint density at radius 1 is 1.12 bits per heavy atom. The van der Waals surface area contributed by atoms with Gasteiger partial charge in [-0.15, -0.1) is 13.2 Å². The van der Waals surface area contributed by atoms with Crippen LogP contribution in [0.3, 0.4) is 0 Å². The van der Waals surface area contributed by atoms with Crippen molar-refractivity contribution in [3.8, 4) is 16.9 Å². The number of carbonyl (C=O) groups excluding carboxylic acids is 2. The minimum absolute atomic E-state index is 0.131. The lowest BCUT2D eigenvalue weighted by Crippen LogP contribution is -2.35. The van der Waals surface area contributed by atoms with Crippen molar-refractivity contribution < 1.29 is 27.5 Å². The van der Waals surface area contributed by atoms with Gasteiger partial charge in [0.25, 0.3) is 5.91 Å². The summed E-state index contributed by atoms with van der Waals surface area (Å²) in [7, 11) is 0. The maximum Gasteiger partial charge on any atom is 0.573 e. The van der Waals surface area contributed by atoms with Gasteiger partial charge >= 0.3 is 12.4 Å². The van der Waals surface area contributed by atoms with E-state index in [1.54, 1.807) is 43.6 Å². The second-order valence-corrected chi connectivity index (χ2v) is 7.84. The Morgan fingerprint density at radius 3 is 2.52 bits per heavy atom. The number of pyridine rings is 1. The third kappa shape index (κ3) is 4.78. The first-order chi connectivity index (χ1) is 15.6. The number of amides is 3. The van der Waals surface area contributed by atoms with E-state index in [0.29, 0.717) is 5.02 Å². The molecule has 170 valence electrons. The van der Waals surface area contributed by atoms with E-state index in [1.165, 1.54) is 12.1 Å². The van der Waals surface area contributed by atoms with Crippen LogP contribution in [0.25, 0.3) is 11.1 Å². The molecule has 0 radical (unpaired) electrons. The molecule has 1 N–H and O–H groups in total. The Kier molecular flexibility index (Phi) is 5.99. The Labute approximate surface area is 191 Å². The lowest BCUT2D eigenvalue weighted by Gasteiger charge is -2.21. The summed E-state index contributed by atoms with van der Waals surface area (Å²) >= 11 is 6.12. The van der Waals surface area contributed by atoms with Crippen LogP contribution in [0.15, 0.2) is 67.0 Å². The minimum Gasteiger partial charge on any atom is -0.406 e. The third-order valence-corrected chi connectivity index (χ3v) is 5.51. The van der Waals surface area contributed by atoms with E-state index in [0.717, 1.165) is 33.7 Å². The molecule has 0 bridgehead atoms. The maximum atomic E-state index is 13.1. The predicted octanol–water partition coefficient (Wildman–Crippen LogP) is 5.53. The number of anilines is 1. The summed E-state index contributed by atoms with van der Waals surface area (Å²) < 4.78 is 41.0. The highest BCUT2D eigenvalue weighted by molar-refractivity contribution is 6.30. The number of nitrogens with zero attached hydrogens (tertiary/aromatic N) is 2. The fourth-order valence-electron chi connectivity index (χ4n) is 3.76. The fraction of sp³-hybridized carbons (Fsp3) is 0.174. The lowest BCUT2D eigenvalue weighted by molar-refractivity contribution is -0.274. The van der Waals surface area contributed by atoms with Gasteiger partial charge in [0.2, 0.25) is 0 Å². The summed E-state index contributed by atoms with van der Waals surface area (Å²) in [5.41, 5.74) is 2.49. The van der Waals surface area contributed by atoms with Crippen LogP contribution in [0.5, 0.6) is 5.75 Å². The largest absolute Gasteiger partial charge is 0.573 e. The molecule has 2 atom stereocenters. The number of alkyl halides is 3. The topological polar surface area (TPSA) is 71.5 Å². The van der Waals surface area contributed by atoms with Gasteiger partial charge in [0.05, 0.1) is 5.69 Å². The van der Waals surface area contributed by atoms with Crippen LogP contribution < -0.4 is 15.0 Å². The summed E-state index contributed by atoms with van der Waals surface area (Å²) in [4.78, 5) is 30.8. The van der Waals surface area contributed by atoms with Crippen molar-refractivity contribution in [3.63, 3.8) is 0 Å². The average molecular weight is 476 g/mol. The van der Waals surface area contributed by atoms with Gasteiger partial charge in [-0.25, -0.2) is 9.69 Å². The number of urea groups is 1. The van der Waals surface area contributed by atoms with Crippen LogP contribution in [-0.4, -0.2) is 29.3 Å². The fourth-order valence-corrected chi connectivity index (χ4v) is 3.95. The highest BCUT2D eigenvalue weighted by Crippen LogP contribution is 2.34. The lowest BCUT2D eigenvalue weighted by atomic mass is 9.88. The molecule has 1 fully saturated rings. The van der Waals surface area contributed by atoms with Gasteiger partial charge in [-0.05, 0) is 53.6 Å². The Morgan fingerprint density at radius 2 is 1.85 bits per heavy atom. The standard InChI is InChI=1S/C23H17ClF3N3O3/c1-13(18-9-10-28-12-19(18)14-3-2-4-15(24)11-14)20-21(31)30(22(32)29-20)16-5-7-17(8-6-16)33-23(25,26)27/h2-13,20H,1H3,(H,29,32). The number of aromatic nitrogens is 1. The average Bonchev–Trinajstić information content (AvgIpc) is 3.07. The number of carbonyl (C=O) groups is 2. The second kappa shape index (κ2) is 8.74. The van der Waals surface area contributed by atoms with Crippen molar-refractivity contribution >= 4 is 29.2 Å². The molecule has 4 rings (SSSR count). The van der Waals surface area contributed by atoms with Crippen molar-refractivity contribution in [1.82, 2.24) is 10.3 Å². The quantitative estimate of drug-likeness (QED) is 0.493. The molecule has 3 amide bonds. The van der Waals surface area contributed by atoms with Crippen molar-refractivity contribution in [3.05, 3.63) is 77.6 Å². The summed E-state index contributed by atoms with van der Waals surface area (Å²) in [6, 6.07) is 11.9. The van der Waals surface area contributed by atoms with E-state index in [9.17, 15) is 22.8 Å². The molecule has 33 heavy (non-hydrogen) atoms. The molecule has 6 nitrogen and oxygen atoms in total. The number of nitrogens with one attached hydrogen (secondary N) is 1. The second-order valence-electron chi connectivity index (χ2n) is 7.40. The summed E-state index contributed by atoms with van der Waals surface area (Å²) in [6.45, 7) is 1.80. The zero-order valence-electron chi connectivity index (χ0n) is 17.1. The van der Waals surface area contributed by atoms with Crippen LogP contribution >= 0.6 is 11.6 Å². The van der Waals surface area contributed by atoms with Crippen molar-refractivity contribution in [2.75, 3.05) is 4.90 Å². The van der Waals surface area contributed by atoms with Gasteiger partial charge in [0.1, 0.15) is 11.8 Å². The molecule has 2 unspecified atom stereocenters. The summed E-state index contributed by atoms with van der Waals surface area (Å²) in [5, 5.41) is 3.22. The van der Waals surface area contributed by atoms with Gasteiger partial charge in [0.15, 0.2) is 0 Å². The number of hydrogen-bond donors (Lipinski definition) is 1. The summed E-state index contributed by atoms with van der Waals surface area (Å²) in [5.74, 6) is -1.41. The molecule has 10 heteroatoms. The van der Waals surface area contributed by atoms with E-state index >= 15 is 0 Å². The Hall–Kier alpha value is -3.59. The van der Waals surface area contributed by atoms with E-state index < -0.39 is 36.0 Å². The smallest absolute Gasteiger partial charge is 0.406 e. The summed E-state index contributed by atoms with van der Waals surface area (Å²) in [6.07, 6.45) is -1.58. The molecule has 1 aliphatic rings. The maximum absolute atomic E-state index is 13.1. The molecule has 0 saturated carbocycles. The third-order valence-electron chi connectivity index (χ3n) is 5.28. The monoisotopic (exact) mass is 475 g/mol. The van der Waals surface area contributed by atoms with E-state index in [4.69, 9.17) is 11.6 Å². The molecule has 1 aliphatic heterocycles. The van der Waals surface area contributed by atoms with Gasteiger partial charge in [-0.2, -0.15) is 0 Å². The van der Waals surface area contributed by atoms with E-state index in [2.05, 4.69) is 15.0 Å². The molecule has 0 aliphatic carbocycles. The zero-order valence-corrected chi connectivity index (χ0v) is 17.9. The Bertz CT molecular complexity index is 1200. The molecular weight excluding hydrogens is 459 g/mol. The first-order valence-electron chi connectivity index (χ1n) is 9.84. The van der Waals surface area contributed by atoms with Crippen molar-refractivity contribution in [2.24, 2.45) is 0 Å². The first-order valence-corrected chi connectivity index (χ1v) is 10.2. The molecule has 0 spiro atoms. The van der Waals surface area contributed by atoms with Crippen LogP contribution in [0.1, 0.15) is 18.4 Å². The van der Waals surface area contributed by atoms with Gasteiger partial charge in [-0.3, -0.25) is 9.78 Å².